The highest BCUT2D eigenvalue weighted by Crippen LogP contribution is 2.20. The summed E-state index contributed by atoms with van der Waals surface area (Å²) in [6, 6.07) is 10.0. The molecule has 1 unspecified atom stereocenters. The number of aromatic nitrogens is 1. The van der Waals surface area contributed by atoms with Gasteiger partial charge in [-0.3, -0.25) is 5.84 Å². The molecule has 14 heavy (non-hydrogen) atoms. The molecule has 0 aliphatic rings. The second-order valence-corrected chi connectivity index (χ2v) is 3.64. The number of nitrogens with two attached hydrogens (primary N) is 1. The summed E-state index contributed by atoms with van der Waals surface area (Å²) in [4.78, 5) is 4.24. The molecule has 2 aromatic rings. The van der Waals surface area contributed by atoms with Gasteiger partial charge in [-0.25, -0.2) is 10.4 Å². The lowest BCUT2D eigenvalue weighted by molar-refractivity contribution is 0.624. The fraction of sp³-hybridized carbons (Fsp3) is 0.100. The Kier molecular flexibility index (Phi) is 2.88. The van der Waals surface area contributed by atoms with Crippen molar-refractivity contribution in [3.05, 3.63) is 52.5 Å². The van der Waals surface area contributed by atoms with Crippen LogP contribution in [0.4, 0.5) is 0 Å². The number of rotatable bonds is 3. The van der Waals surface area contributed by atoms with E-state index in [1.165, 1.54) is 0 Å². The molecular formula is C10H11N3S. The molecule has 0 bridgehead atoms. The van der Waals surface area contributed by atoms with Gasteiger partial charge in [0.15, 0.2) is 0 Å². The molecule has 0 saturated carbocycles. The zero-order valence-corrected chi connectivity index (χ0v) is 8.37. The molecule has 0 amide bonds. The fourth-order valence-electron chi connectivity index (χ4n) is 1.36. The van der Waals surface area contributed by atoms with E-state index in [0.29, 0.717) is 0 Å². The van der Waals surface area contributed by atoms with Crippen molar-refractivity contribution in [2.24, 2.45) is 5.84 Å². The minimum atomic E-state index is -0.0116. The van der Waals surface area contributed by atoms with E-state index in [1.54, 1.807) is 11.3 Å². The van der Waals surface area contributed by atoms with Crippen LogP contribution in [0.15, 0.2) is 41.2 Å². The topological polar surface area (TPSA) is 50.9 Å². The molecule has 1 heterocycles. The molecule has 0 spiro atoms. The Morgan fingerprint density at radius 3 is 2.64 bits per heavy atom. The van der Waals surface area contributed by atoms with Gasteiger partial charge in [0.25, 0.3) is 0 Å². The van der Waals surface area contributed by atoms with E-state index in [9.17, 15) is 0 Å². The molecule has 1 aromatic heterocycles. The Labute approximate surface area is 86.6 Å². The number of hydrogen-bond acceptors (Lipinski definition) is 4. The lowest BCUT2D eigenvalue weighted by atomic mass is 10.1. The summed E-state index contributed by atoms with van der Waals surface area (Å²) in [5.74, 6) is 5.51. The van der Waals surface area contributed by atoms with Gasteiger partial charge < -0.3 is 0 Å². The van der Waals surface area contributed by atoms with Crippen molar-refractivity contribution >= 4 is 11.3 Å². The maximum absolute atomic E-state index is 5.51. The van der Waals surface area contributed by atoms with Gasteiger partial charge in [-0.2, -0.15) is 0 Å². The molecule has 2 rings (SSSR count). The van der Waals surface area contributed by atoms with Crippen LogP contribution in [-0.2, 0) is 0 Å². The van der Waals surface area contributed by atoms with Crippen molar-refractivity contribution < 1.29 is 0 Å². The zero-order chi connectivity index (χ0) is 9.80. The minimum Gasteiger partial charge on any atom is -0.271 e. The average Bonchev–Trinajstić information content (AvgIpc) is 2.74. The molecule has 72 valence electrons. The molecule has 0 radical (unpaired) electrons. The summed E-state index contributed by atoms with van der Waals surface area (Å²) in [7, 11) is 0. The molecule has 1 aromatic carbocycles. The number of thiazole rings is 1. The lowest BCUT2D eigenvalue weighted by Crippen LogP contribution is -2.28. The van der Waals surface area contributed by atoms with Crippen molar-refractivity contribution in [1.82, 2.24) is 10.4 Å². The second kappa shape index (κ2) is 4.32. The zero-order valence-electron chi connectivity index (χ0n) is 7.55. The smallest absolute Gasteiger partial charge is 0.0889 e. The molecule has 3 nitrogen and oxygen atoms in total. The summed E-state index contributed by atoms with van der Waals surface area (Å²) in [6.45, 7) is 0. The summed E-state index contributed by atoms with van der Waals surface area (Å²) in [5.41, 5.74) is 6.66. The number of benzene rings is 1. The van der Waals surface area contributed by atoms with Crippen molar-refractivity contribution in [2.45, 2.75) is 6.04 Å². The summed E-state index contributed by atoms with van der Waals surface area (Å²) < 4.78 is 0. The minimum absolute atomic E-state index is 0.0116. The lowest BCUT2D eigenvalue weighted by Gasteiger charge is -2.13. The third-order valence-electron chi connectivity index (χ3n) is 2.05. The van der Waals surface area contributed by atoms with Gasteiger partial charge in [-0.1, -0.05) is 30.3 Å². The van der Waals surface area contributed by atoms with Gasteiger partial charge in [0.2, 0.25) is 0 Å². The van der Waals surface area contributed by atoms with Crippen LogP contribution in [0.25, 0.3) is 0 Å². The van der Waals surface area contributed by atoms with Crippen molar-refractivity contribution in [3.8, 4) is 0 Å². The highest BCUT2D eigenvalue weighted by atomic mass is 32.1. The average molecular weight is 205 g/mol. The summed E-state index contributed by atoms with van der Waals surface area (Å²) >= 11 is 1.57. The Hall–Kier alpha value is -1.23. The highest BCUT2D eigenvalue weighted by Gasteiger charge is 2.12. The van der Waals surface area contributed by atoms with Gasteiger partial charge in [-0.15, -0.1) is 11.3 Å². The quantitative estimate of drug-likeness (QED) is 0.592. The maximum Gasteiger partial charge on any atom is 0.0889 e. The first-order chi connectivity index (χ1) is 6.92. The molecule has 3 N–H and O–H groups in total. The van der Waals surface area contributed by atoms with E-state index in [-0.39, 0.29) is 6.04 Å². The Morgan fingerprint density at radius 2 is 2.07 bits per heavy atom. The number of hydrogen-bond donors (Lipinski definition) is 2. The van der Waals surface area contributed by atoms with Crippen LogP contribution < -0.4 is 11.3 Å². The first kappa shape index (κ1) is 9.33. The van der Waals surface area contributed by atoms with Crippen LogP contribution in [0, 0.1) is 0 Å². The first-order valence-corrected chi connectivity index (χ1v) is 5.25. The van der Waals surface area contributed by atoms with Gasteiger partial charge in [0, 0.05) is 5.38 Å². The summed E-state index contributed by atoms with van der Waals surface area (Å²) in [6.07, 6.45) is 0. The van der Waals surface area contributed by atoms with Crippen molar-refractivity contribution in [2.75, 3.05) is 0 Å². The monoisotopic (exact) mass is 205 g/mol. The fourth-order valence-corrected chi connectivity index (χ4v) is 1.94. The summed E-state index contributed by atoms with van der Waals surface area (Å²) in [5, 5.41) is 2.00. The number of nitrogens with one attached hydrogen (secondary N) is 1. The SMILES string of the molecule is NNC(c1ccccc1)c1cscn1. The molecule has 0 saturated heterocycles. The van der Waals surface area contributed by atoms with Crippen LogP contribution in [0.1, 0.15) is 17.3 Å². The van der Waals surface area contributed by atoms with Crippen LogP contribution in [0.5, 0.6) is 0 Å². The van der Waals surface area contributed by atoms with Crippen LogP contribution in [0.3, 0.4) is 0 Å². The maximum atomic E-state index is 5.51. The molecule has 0 aliphatic carbocycles. The van der Waals surface area contributed by atoms with Crippen molar-refractivity contribution in [1.29, 1.82) is 0 Å². The number of nitrogens with zero attached hydrogens (tertiary/aromatic N) is 1. The van der Waals surface area contributed by atoms with E-state index < -0.39 is 0 Å². The molecule has 4 heteroatoms. The van der Waals surface area contributed by atoms with E-state index in [1.807, 2.05) is 41.2 Å². The third kappa shape index (κ3) is 1.82. The van der Waals surface area contributed by atoms with E-state index in [2.05, 4.69) is 10.4 Å². The first-order valence-electron chi connectivity index (χ1n) is 4.31. The molecule has 1 atom stereocenters. The van der Waals surface area contributed by atoms with Crippen LogP contribution >= 0.6 is 11.3 Å². The van der Waals surface area contributed by atoms with Crippen LogP contribution in [0.2, 0.25) is 0 Å². The predicted molar refractivity (Wildman–Crippen MR) is 57.7 cm³/mol. The molecule has 0 aliphatic heterocycles. The standard InChI is InChI=1S/C10H11N3S/c11-13-10(9-6-14-7-12-9)8-4-2-1-3-5-8/h1-7,10,13H,11H2. The Morgan fingerprint density at radius 1 is 1.29 bits per heavy atom. The van der Waals surface area contributed by atoms with Gasteiger partial charge in [0.05, 0.1) is 17.2 Å². The van der Waals surface area contributed by atoms with E-state index >= 15 is 0 Å². The van der Waals surface area contributed by atoms with Crippen LogP contribution in [-0.4, -0.2) is 4.98 Å². The van der Waals surface area contributed by atoms with E-state index in [4.69, 9.17) is 5.84 Å². The molecular weight excluding hydrogens is 194 g/mol. The molecule has 0 fully saturated rings. The van der Waals surface area contributed by atoms with Gasteiger partial charge >= 0.3 is 0 Å². The third-order valence-corrected chi connectivity index (χ3v) is 2.65. The predicted octanol–water partition coefficient (Wildman–Crippen LogP) is 1.70. The Balaban J connectivity index is 2.31. The van der Waals surface area contributed by atoms with Gasteiger partial charge in [-0.05, 0) is 5.56 Å². The van der Waals surface area contributed by atoms with E-state index in [0.717, 1.165) is 11.3 Å². The highest BCUT2D eigenvalue weighted by molar-refractivity contribution is 7.07. The second-order valence-electron chi connectivity index (χ2n) is 2.92. The van der Waals surface area contributed by atoms with Gasteiger partial charge in [0.1, 0.15) is 0 Å². The van der Waals surface area contributed by atoms with Crippen molar-refractivity contribution in [3.63, 3.8) is 0 Å². The number of hydrazine groups is 1. The largest absolute Gasteiger partial charge is 0.271 e. The Bertz CT molecular complexity index is 372. The normalized spacial score (nSPS) is 12.6.